The Balaban J connectivity index is 1.53. The fourth-order valence-corrected chi connectivity index (χ4v) is 3.03. The van der Waals surface area contributed by atoms with Gasteiger partial charge in [0.05, 0.1) is 6.10 Å². The van der Waals surface area contributed by atoms with Crippen molar-refractivity contribution >= 4 is 11.3 Å². The van der Waals surface area contributed by atoms with E-state index in [1.807, 2.05) is 0 Å². The number of rotatable bonds is 4. The minimum atomic E-state index is 0.503. The molecule has 2 unspecified atom stereocenters. The zero-order chi connectivity index (χ0) is 10.1. The van der Waals surface area contributed by atoms with Crippen molar-refractivity contribution < 1.29 is 4.74 Å². The second kappa shape index (κ2) is 4.24. The second-order valence-electron chi connectivity index (χ2n) is 4.58. The number of ether oxygens (including phenoxy) is 1. The average molecular weight is 223 g/mol. The van der Waals surface area contributed by atoms with Gasteiger partial charge in [0.15, 0.2) is 0 Å². The van der Waals surface area contributed by atoms with E-state index in [1.165, 1.54) is 24.8 Å². The maximum absolute atomic E-state index is 5.80. The first-order chi connectivity index (χ1) is 7.43. The van der Waals surface area contributed by atoms with Gasteiger partial charge in [-0.1, -0.05) is 0 Å². The lowest BCUT2D eigenvalue weighted by Crippen LogP contribution is -2.37. The Morgan fingerprint density at radius 1 is 1.40 bits per heavy atom. The summed E-state index contributed by atoms with van der Waals surface area (Å²) in [6, 6.07) is 2.79. The molecule has 15 heavy (non-hydrogen) atoms. The number of thiophene rings is 1. The molecule has 3 heteroatoms. The van der Waals surface area contributed by atoms with E-state index in [4.69, 9.17) is 4.74 Å². The maximum Gasteiger partial charge on any atom is 0.0757 e. The van der Waals surface area contributed by atoms with E-state index in [0.29, 0.717) is 12.1 Å². The summed E-state index contributed by atoms with van der Waals surface area (Å²) >= 11 is 1.77. The van der Waals surface area contributed by atoms with Crippen molar-refractivity contribution in [1.82, 2.24) is 5.32 Å². The normalized spacial score (nSPS) is 30.9. The molecule has 1 aromatic rings. The second-order valence-corrected chi connectivity index (χ2v) is 5.36. The van der Waals surface area contributed by atoms with Crippen LogP contribution in [0.4, 0.5) is 0 Å². The largest absolute Gasteiger partial charge is 0.376 e. The summed E-state index contributed by atoms with van der Waals surface area (Å²) in [6.07, 6.45) is 4.44. The molecule has 0 spiro atoms. The molecule has 2 nitrogen and oxygen atoms in total. The SMILES string of the molecule is c1cc(CNC2CCOC2C2CC2)cs1. The highest BCUT2D eigenvalue weighted by Crippen LogP contribution is 2.38. The van der Waals surface area contributed by atoms with Crippen LogP contribution in [0.2, 0.25) is 0 Å². The number of hydrogen-bond acceptors (Lipinski definition) is 3. The van der Waals surface area contributed by atoms with Gasteiger partial charge in [-0.25, -0.2) is 0 Å². The molecular weight excluding hydrogens is 206 g/mol. The fourth-order valence-electron chi connectivity index (χ4n) is 2.36. The van der Waals surface area contributed by atoms with Gasteiger partial charge in [-0.2, -0.15) is 11.3 Å². The predicted octanol–water partition coefficient (Wildman–Crippen LogP) is 2.41. The summed E-state index contributed by atoms with van der Waals surface area (Å²) in [7, 11) is 0. The third kappa shape index (κ3) is 2.25. The van der Waals surface area contributed by atoms with Crippen molar-refractivity contribution in [2.24, 2.45) is 5.92 Å². The van der Waals surface area contributed by atoms with Crippen LogP contribution in [-0.4, -0.2) is 18.8 Å². The molecule has 0 radical (unpaired) electrons. The van der Waals surface area contributed by atoms with Crippen LogP contribution in [0.3, 0.4) is 0 Å². The Morgan fingerprint density at radius 2 is 2.33 bits per heavy atom. The van der Waals surface area contributed by atoms with Crippen LogP contribution >= 0.6 is 11.3 Å². The van der Waals surface area contributed by atoms with Crippen LogP contribution in [0, 0.1) is 5.92 Å². The number of nitrogens with one attached hydrogen (secondary N) is 1. The van der Waals surface area contributed by atoms with Crippen molar-refractivity contribution in [3.8, 4) is 0 Å². The molecule has 0 bridgehead atoms. The third-order valence-corrected chi connectivity index (χ3v) is 4.10. The van der Waals surface area contributed by atoms with Crippen molar-refractivity contribution in [2.45, 2.75) is 38.0 Å². The van der Waals surface area contributed by atoms with Crippen molar-refractivity contribution in [3.05, 3.63) is 22.4 Å². The summed E-state index contributed by atoms with van der Waals surface area (Å²) in [4.78, 5) is 0. The molecule has 2 aliphatic rings. The monoisotopic (exact) mass is 223 g/mol. The van der Waals surface area contributed by atoms with Gasteiger partial charge in [-0.3, -0.25) is 0 Å². The first-order valence-corrected chi connectivity index (χ1v) is 6.74. The molecule has 2 heterocycles. The third-order valence-electron chi connectivity index (χ3n) is 3.37. The zero-order valence-electron chi connectivity index (χ0n) is 8.82. The van der Waals surface area contributed by atoms with E-state index in [1.54, 1.807) is 11.3 Å². The predicted molar refractivity (Wildman–Crippen MR) is 62.0 cm³/mol. The average Bonchev–Trinajstić information content (AvgIpc) is 2.81. The molecule has 82 valence electrons. The van der Waals surface area contributed by atoms with Crippen molar-refractivity contribution in [2.75, 3.05) is 6.61 Å². The van der Waals surface area contributed by atoms with E-state index in [2.05, 4.69) is 22.1 Å². The molecule has 1 aliphatic carbocycles. The van der Waals surface area contributed by atoms with Gasteiger partial charge >= 0.3 is 0 Å². The molecule has 1 N–H and O–H groups in total. The molecule has 2 fully saturated rings. The van der Waals surface area contributed by atoms with E-state index >= 15 is 0 Å². The highest BCUT2D eigenvalue weighted by Gasteiger charge is 2.40. The van der Waals surface area contributed by atoms with Gasteiger partial charge in [-0.15, -0.1) is 0 Å². The summed E-state index contributed by atoms with van der Waals surface area (Å²) in [5, 5.41) is 7.99. The van der Waals surface area contributed by atoms with E-state index < -0.39 is 0 Å². The van der Waals surface area contributed by atoms with Crippen LogP contribution in [0.1, 0.15) is 24.8 Å². The van der Waals surface area contributed by atoms with Gasteiger partial charge in [0.1, 0.15) is 0 Å². The Kier molecular flexibility index (Phi) is 2.77. The van der Waals surface area contributed by atoms with Crippen molar-refractivity contribution in [3.63, 3.8) is 0 Å². The minimum absolute atomic E-state index is 0.503. The summed E-state index contributed by atoms with van der Waals surface area (Å²) < 4.78 is 5.80. The number of hydrogen-bond donors (Lipinski definition) is 1. The Morgan fingerprint density at radius 3 is 3.07 bits per heavy atom. The maximum atomic E-state index is 5.80. The minimum Gasteiger partial charge on any atom is -0.376 e. The van der Waals surface area contributed by atoms with E-state index in [0.717, 1.165) is 19.1 Å². The Hall–Kier alpha value is -0.380. The molecule has 3 rings (SSSR count). The van der Waals surface area contributed by atoms with E-state index in [-0.39, 0.29) is 0 Å². The smallest absolute Gasteiger partial charge is 0.0757 e. The fraction of sp³-hybridized carbons (Fsp3) is 0.667. The summed E-state index contributed by atoms with van der Waals surface area (Å²) in [6.45, 7) is 1.95. The van der Waals surface area contributed by atoms with Gasteiger partial charge in [0, 0.05) is 19.2 Å². The van der Waals surface area contributed by atoms with Gasteiger partial charge < -0.3 is 10.1 Å². The first-order valence-electron chi connectivity index (χ1n) is 5.79. The topological polar surface area (TPSA) is 21.3 Å². The molecule has 1 aliphatic heterocycles. The lowest BCUT2D eigenvalue weighted by molar-refractivity contribution is 0.0809. The van der Waals surface area contributed by atoms with Crippen LogP contribution in [0.5, 0.6) is 0 Å². The Labute approximate surface area is 94.6 Å². The molecule has 2 atom stereocenters. The zero-order valence-corrected chi connectivity index (χ0v) is 9.63. The molecule has 1 saturated carbocycles. The molecule has 1 saturated heterocycles. The summed E-state index contributed by atoms with van der Waals surface area (Å²) in [5.74, 6) is 0.854. The lowest BCUT2D eigenvalue weighted by atomic mass is 10.1. The molecule has 1 aromatic heterocycles. The molecular formula is C12H17NOS. The van der Waals surface area contributed by atoms with Crippen LogP contribution < -0.4 is 5.32 Å². The highest BCUT2D eigenvalue weighted by molar-refractivity contribution is 7.07. The quantitative estimate of drug-likeness (QED) is 0.846. The standard InChI is InChI=1S/C12H17NOS/c1-2-10(1)12-11(3-5-14-12)13-7-9-4-6-15-8-9/h4,6,8,10-13H,1-3,5,7H2. The highest BCUT2D eigenvalue weighted by atomic mass is 32.1. The first kappa shape index (κ1) is 9.82. The summed E-state index contributed by atoms with van der Waals surface area (Å²) in [5.41, 5.74) is 1.40. The lowest BCUT2D eigenvalue weighted by Gasteiger charge is -2.19. The molecule has 0 amide bonds. The van der Waals surface area contributed by atoms with Crippen molar-refractivity contribution in [1.29, 1.82) is 0 Å². The van der Waals surface area contributed by atoms with Crippen LogP contribution in [0.25, 0.3) is 0 Å². The Bertz CT molecular complexity index is 307. The molecule has 0 aromatic carbocycles. The van der Waals surface area contributed by atoms with Gasteiger partial charge in [0.25, 0.3) is 0 Å². The van der Waals surface area contributed by atoms with Crippen LogP contribution in [0.15, 0.2) is 16.8 Å². The van der Waals surface area contributed by atoms with E-state index in [9.17, 15) is 0 Å². The van der Waals surface area contributed by atoms with Gasteiger partial charge in [-0.05, 0) is 47.6 Å². The van der Waals surface area contributed by atoms with Gasteiger partial charge in [0.2, 0.25) is 0 Å². The van der Waals surface area contributed by atoms with Crippen LogP contribution in [-0.2, 0) is 11.3 Å².